The number of halogens is 3. The fourth-order valence-corrected chi connectivity index (χ4v) is 8.70. The van der Waals surface area contributed by atoms with E-state index in [1.807, 2.05) is 38.7 Å². The zero-order valence-electron chi connectivity index (χ0n) is 26.2. The van der Waals surface area contributed by atoms with Crippen molar-refractivity contribution in [3.8, 4) is 11.9 Å². The van der Waals surface area contributed by atoms with E-state index in [1.54, 1.807) is 0 Å². The van der Waals surface area contributed by atoms with Gasteiger partial charge in [-0.1, -0.05) is 6.92 Å². The third-order valence-electron chi connectivity index (χ3n) is 10.2. The summed E-state index contributed by atoms with van der Waals surface area (Å²) in [6, 6.07) is 3.93. The Labute approximate surface area is 270 Å². The molecule has 3 aromatic rings. The second-order valence-corrected chi connectivity index (χ2v) is 14.9. The summed E-state index contributed by atoms with van der Waals surface area (Å²) in [5, 5.41) is 9.86. The number of benzene rings is 1. The van der Waals surface area contributed by atoms with Gasteiger partial charge in [0.25, 0.3) is 0 Å². The maximum atomic E-state index is 16.2. The standard InChI is InChI=1S/C33H39BrF2N6O3/c1-5-23-38-27-29(42(23)28-19-13-22(28)41(15-19)31(43)45-32(2,3)4)21-12-18(8-6-10-37)24(34)25(36)26(21)39-30(27)44-17-33-9-7-11-40(33)16-20(35)14-33/h12,19-20,22,28H,5-9,11,13-17H2,1-4H3/t19?,20-,22?,28?,33+/m1/s1. The third kappa shape index (κ3) is 4.96. The average molecular weight is 686 g/mol. The minimum Gasteiger partial charge on any atom is -0.474 e. The molecule has 8 rings (SSSR count). The monoisotopic (exact) mass is 684 g/mol. The predicted molar refractivity (Wildman–Crippen MR) is 168 cm³/mol. The van der Waals surface area contributed by atoms with E-state index in [0.29, 0.717) is 48.8 Å². The quantitative estimate of drug-likeness (QED) is 0.275. The molecular weight excluding hydrogens is 646 g/mol. The van der Waals surface area contributed by atoms with Crippen molar-refractivity contribution in [3.05, 3.63) is 27.7 Å². The van der Waals surface area contributed by atoms with Crippen LogP contribution in [0.5, 0.6) is 5.88 Å². The number of hydrogen-bond acceptors (Lipinski definition) is 7. The summed E-state index contributed by atoms with van der Waals surface area (Å²) >= 11 is 3.43. The molecule has 6 heterocycles. The van der Waals surface area contributed by atoms with Crippen LogP contribution >= 0.6 is 15.9 Å². The van der Waals surface area contributed by atoms with Crippen LogP contribution in [0.25, 0.3) is 21.9 Å². The Kier molecular flexibility index (Phi) is 7.51. The molecule has 0 N–H and O–H groups in total. The van der Waals surface area contributed by atoms with Gasteiger partial charge in [0, 0.05) is 43.7 Å². The molecular formula is C33H39BrF2N6O3. The van der Waals surface area contributed by atoms with Crippen molar-refractivity contribution in [1.82, 2.24) is 24.3 Å². The fraction of sp³-hybridized carbons (Fsp3) is 0.636. The molecule has 4 aliphatic heterocycles. The van der Waals surface area contributed by atoms with Crippen LogP contribution in [0.4, 0.5) is 13.6 Å². The molecule has 2 aromatic heterocycles. The molecule has 5 fully saturated rings. The highest BCUT2D eigenvalue weighted by Gasteiger charge is 2.56. The molecule has 9 nitrogen and oxygen atoms in total. The summed E-state index contributed by atoms with van der Waals surface area (Å²) < 4.78 is 45.4. The van der Waals surface area contributed by atoms with Gasteiger partial charge in [0.05, 0.1) is 33.7 Å². The van der Waals surface area contributed by atoms with Crippen molar-refractivity contribution in [2.75, 3.05) is 26.2 Å². The van der Waals surface area contributed by atoms with Crippen LogP contribution < -0.4 is 4.74 Å². The lowest BCUT2D eigenvalue weighted by atomic mass is 9.79. The Balaban J connectivity index is 1.37. The number of carbonyl (C=O) groups excluding carboxylic acids is 1. The highest BCUT2D eigenvalue weighted by atomic mass is 79.9. The zero-order chi connectivity index (χ0) is 31.8. The minimum absolute atomic E-state index is 0.0590. The summed E-state index contributed by atoms with van der Waals surface area (Å²) in [4.78, 5) is 27.0. The number of amides is 1. The Hall–Kier alpha value is -3.04. The van der Waals surface area contributed by atoms with Crippen LogP contribution in [-0.4, -0.2) is 80.0 Å². The van der Waals surface area contributed by atoms with Gasteiger partial charge in [-0.3, -0.25) is 4.90 Å². The Morgan fingerprint density at radius 2 is 2.07 bits per heavy atom. The average Bonchev–Trinajstić information content (AvgIpc) is 3.78. The van der Waals surface area contributed by atoms with E-state index in [1.165, 1.54) is 0 Å². The third-order valence-corrected chi connectivity index (χ3v) is 11.0. The van der Waals surface area contributed by atoms with Crippen LogP contribution in [-0.2, 0) is 17.6 Å². The number of aryl methyl sites for hydroxylation is 2. The fourth-order valence-electron chi connectivity index (χ4n) is 8.20. The number of imidazole rings is 1. The first-order valence-electron chi connectivity index (χ1n) is 16.0. The maximum absolute atomic E-state index is 16.2. The second-order valence-electron chi connectivity index (χ2n) is 14.1. The van der Waals surface area contributed by atoms with E-state index in [4.69, 9.17) is 19.4 Å². The SMILES string of the molecule is CCc1nc2c(OC[C@@]34CCCN3C[C@H](F)C4)nc3c(F)c(Br)c(CCC#N)cc3c2n1C1C2CC1N(C(=O)OC(C)(C)C)C2. The minimum atomic E-state index is -0.897. The van der Waals surface area contributed by atoms with E-state index < -0.39 is 23.1 Å². The molecule has 4 saturated heterocycles. The summed E-state index contributed by atoms with van der Waals surface area (Å²) in [7, 11) is 0. The normalized spacial score (nSPS) is 27.6. The van der Waals surface area contributed by atoms with Gasteiger partial charge in [0.15, 0.2) is 11.3 Å². The number of pyridine rings is 1. The lowest BCUT2D eigenvalue weighted by molar-refractivity contribution is 0.0209. The second kappa shape index (κ2) is 11.0. The van der Waals surface area contributed by atoms with E-state index in [9.17, 15) is 14.4 Å². The van der Waals surface area contributed by atoms with Crippen molar-refractivity contribution in [2.45, 2.75) is 102 Å². The van der Waals surface area contributed by atoms with Gasteiger partial charge in [0.1, 0.15) is 29.7 Å². The molecule has 1 amide bonds. The molecule has 12 heteroatoms. The highest BCUT2D eigenvalue weighted by molar-refractivity contribution is 9.10. The number of nitrogens with zero attached hydrogens (tertiary/aromatic N) is 6. The van der Waals surface area contributed by atoms with Gasteiger partial charge < -0.3 is 18.9 Å². The summed E-state index contributed by atoms with van der Waals surface area (Å²) in [5.41, 5.74) is 1.08. The van der Waals surface area contributed by atoms with Crippen LogP contribution in [0.2, 0.25) is 0 Å². The summed E-state index contributed by atoms with van der Waals surface area (Å²) in [5.74, 6) is 0.722. The zero-order valence-corrected chi connectivity index (χ0v) is 27.8. The summed E-state index contributed by atoms with van der Waals surface area (Å²) in [6.07, 6.45) is 3.10. The topological polar surface area (TPSA) is 96.5 Å². The molecule has 45 heavy (non-hydrogen) atoms. The van der Waals surface area contributed by atoms with E-state index in [0.717, 1.165) is 37.1 Å². The van der Waals surface area contributed by atoms with Crippen molar-refractivity contribution < 1.29 is 23.0 Å². The molecule has 1 aromatic carbocycles. The first-order chi connectivity index (χ1) is 21.4. The van der Waals surface area contributed by atoms with Gasteiger partial charge in [-0.25, -0.2) is 23.5 Å². The molecule has 3 unspecified atom stereocenters. The molecule has 240 valence electrons. The Bertz CT molecular complexity index is 1730. The van der Waals surface area contributed by atoms with E-state index >= 15 is 4.39 Å². The first kappa shape index (κ1) is 30.6. The number of fused-ring (bicyclic) bond motifs is 5. The number of aromatic nitrogens is 3. The lowest BCUT2D eigenvalue weighted by Crippen LogP contribution is -2.44. The van der Waals surface area contributed by atoms with Gasteiger partial charge in [-0.2, -0.15) is 5.26 Å². The molecule has 1 aliphatic carbocycles. The van der Waals surface area contributed by atoms with E-state index in [-0.39, 0.29) is 53.0 Å². The van der Waals surface area contributed by atoms with Crippen molar-refractivity contribution in [2.24, 2.45) is 5.92 Å². The van der Waals surface area contributed by atoms with Crippen LogP contribution in [0.15, 0.2) is 10.5 Å². The summed E-state index contributed by atoms with van der Waals surface area (Å²) in [6.45, 7) is 9.70. The molecule has 5 aliphatic rings. The number of carbonyl (C=O) groups is 1. The number of hydrogen-bond donors (Lipinski definition) is 0. The van der Waals surface area contributed by atoms with Gasteiger partial charge >= 0.3 is 6.09 Å². The number of rotatable bonds is 7. The first-order valence-corrected chi connectivity index (χ1v) is 16.8. The number of alkyl halides is 1. The van der Waals surface area contributed by atoms with Crippen molar-refractivity contribution in [3.63, 3.8) is 0 Å². The van der Waals surface area contributed by atoms with Crippen LogP contribution in [0.3, 0.4) is 0 Å². The van der Waals surface area contributed by atoms with Crippen molar-refractivity contribution in [1.29, 1.82) is 5.26 Å². The smallest absolute Gasteiger partial charge is 0.410 e. The number of nitriles is 1. The Morgan fingerprint density at radius 1 is 1.27 bits per heavy atom. The molecule has 2 bridgehead atoms. The highest BCUT2D eigenvalue weighted by Crippen LogP contribution is 2.52. The molecule has 0 radical (unpaired) electrons. The Morgan fingerprint density at radius 3 is 2.80 bits per heavy atom. The van der Waals surface area contributed by atoms with Crippen molar-refractivity contribution >= 4 is 44.0 Å². The van der Waals surface area contributed by atoms with Gasteiger partial charge in [-0.15, -0.1) is 0 Å². The largest absolute Gasteiger partial charge is 0.474 e. The number of ether oxygens (including phenoxy) is 2. The van der Waals surface area contributed by atoms with Gasteiger partial charge in [-0.05, 0) is 80.6 Å². The maximum Gasteiger partial charge on any atom is 0.410 e. The van der Waals surface area contributed by atoms with Gasteiger partial charge in [0.2, 0.25) is 5.88 Å². The lowest BCUT2D eigenvalue weighted by Gasteiger charge is -2.39. The van der Waals surface area contributed by atoms with Crippen LogP contribution in [0, 0.1) is 23.1 Å². The van der Waals surface area contributed by atoms with E-state index in [2.05, 4.69) is 31.5 Å². The molecule has 1 saturated carbocycles. The predicted octanol–water partition coefficient (Wildman–Crippen LogP) is 6.64. The molecule has 0 spiro atoms. The van der Waals surface area contributed by atoms with Crippen LogP contribution in [0.1, 0.15) is 77.2 Å². The molecule has 5 atom stereocenters.